The highest BCUT2D eigenvalue weighted by atomic mass is 35.5. The Kier molecular flexibility index (Phi) is 4.69. The van der Waals surface area contributed by atoms with Gasteiger partial charge in [-0.1, -0.05) is 12.1 Å². The third-order valence-electron chi connectivity index (χ3n) is 5.26. The smallest absolute Gasteiger partial charge is 0.227 e. The number of ether oxygens (including phenoxy) is 1. The van der Waals surface area contributed by atoms with Crippen LogP contribution in [-0.4, -0.2) is 21.6 Å². The fourth-order valence-corrected chi connectivity index (χ4v) is 3.87. The molecule has 1 aliphatic carbocycles. The molecular formula is C22H21ClN4O. The summed E-state index contributed by atoms with van der Waals surface area (Å²) in [6, 6.07) is 14.5. The van der Waals surface area contributed by atoms with Crippen molar-refractivity contribution in [3.8, 4) is 17.0 Å². The van der Waals surface area contributed by atoms with Crippen LogP contribution in [0.1, 0.15) is 11.1 Å². The molecular weight excluding hydrogens is 372 g/mol. The van der Waals surface area contributed by atoms with Crippen molar-refractivity contribution in [2.24, 2.45) is 7.05 Å². The Morgan fingerprint density at radius 3 is 2.86 bits per heavy atom. The Morgan fingerprint density at radius 1 is 1.11 bits per heavy atom. The SMILES string of the molecule is COc1cccc2c1CCc1cnc(Nc3ccc4c(ccn4C)c3)nc1-2.Cl. The van der Waals surface area contributed by atoms with E-state index in [0.29, 0.717) is 5.95 Å². The van der Waals surface area contributed by atoms with E-state index < -0.39 is 0 Å². The number of hydrogen-bond acceptors (Lipinski definition) is 4. The third-order valence-corrected chi connectivity index (χ3v) is 5.26. The lowest BCUT2D eigenvalue weighted by atomic mass is 9.89. The molecule has 2 aromatic carbocycles. The second kappa shape index (κ2) is 7.17. The highest BCUT2D eigenvalue weighted by Crippen LogP contribution is 2.37. The summed E-state index contributed by atoms with van der Waals surface area (Å²) in [6.45, 7) is 0. The molecule has 6 heteroatoms. The van der Waals surface area contributed by atoms with Crippen LogP contribution in [0.5, 0.6) is 5.75 Å². The highest BCUT2D eigenvalue weighted by Gasteiger charge is 2.21. The van der Waals surface area contributed by atoms with E-state index in [1.807, 2.05) is 25.4 Å². The molecule has 0 radical (unpaired) electrons. The first kappa shape index (κ1) is 18.3. The first-order chi connectivity index (χ1) is 13.2. The highest BCUT2D eigenvalue weighted by molar-refractivity contribution is 5.85. The zero-order valence-corrected chi connectivity index (χ0v) is 16.6. The van der Waals surface area contributed by atoms with Gasteiger partial charge in [-0.05, 0) is 48.7 Å². The molecule has 0 unspecified atom stereocenters. The molecule has 0 bridgehead atoms. The van der Waals surface area contributed by atoms with Gasteiger partial charge in [-0.15, -0.1) is 12.4 Å². The largest absolute Gasteiger partial charge is 0.496 e. The van der Waals surface area contributed by atoms with Gasteiger partial charge < -0.3 is 14.6 Å². The number of rotatable bonds is 3. The number of methoxy groups -OCH3 is 1. The maximum atomic E-state index is 5.54. The van der Waals surface area contributed by atoms with Crippen LogP contribution in [0.2, 0.25) is 0 Å². The summed E-state index contributed by atoms with van der Waals surface area (Å²) in [5.74, 6) is 1.54. The lowest BCUT2D eigenvalue weighted by Crippen LogP contribution is -2.09. The van der Waals surface area contributed by atoms with Crippen molar-refractivity contribution in [1.29, 1.82) is 0 Å². The normalized spacial score (nSPS) is 12.1. The molecule has 5 nitrogen and oxygen atoms in total. The van der Waals surface area contributed by atoms with Crippen LogP contribution in [0.3, 0.4) is 0 Å². The van der Waals surface area contributed by atoms with Crippen molar-refractivity contribution in [3.05, 3.63) is 66.0 Å². The van der Waals surface area contributed by atoms with E-state index >= 15 is 0 Å². The summed E-state index contributed by atoms with van der Waals surface area (Å²) in [6.07, 6.45) is 5.88. The van der Waals surface area contributed by atoms with Crippen LogP contribution in [0.4, 0.5) is 11.6 Å². The number of nitrogens with one attached hydrogen (secondary N) is 1. The number of halogens is 1. The Balaban J connectivity index is 0.00000192. The quantitative estimate of drug-likeness (QED) is 0.538. The summed E-state index contributed by atoms with van der Waals surface area (Å²) in [4.78, 5) is 9.36. The predicted octanol–water partition coefficient (Wildman–Crippen LogP) is 4.91. The maximum Gasteiger partial charge on any atom is 0.227 e. The number of fused-ring (bicyclic) bond motifs is 4. The van der Waals surface area contributed by atoms with Crippen molar-refractivity contribution in [2.75, 3.05) is 12.4 Å². The lowest BCUT2D eigenvalue weighted by molar-refractivity contribution is 0.409. The molecule has 1 N–H and O–H groups in total. The van der Waals surface area contributed by atoms with Crippen molar-refractivity contribution in [3.63, 3.8) is 0 Å². The van der Waals surface area contributed by atoms with Crippen LogP contribution >= 0.6 is 12.4 Å². The van der Waals surface area contributed by atoms with Crippen molar-refractivity contribution in [2.45, 2.75) is 12.8 Å². The van der Waals surface area contributed by atoms with Crippen molar-refractivity contribution >= 4 is 34.9 Å². The van der Waals surface area contributed by atoms with Gasteiger partial charge in [-0.2, -0.15) is 0 Å². The van der Waals surface area contributed by atoms with Crippen LogP contribution in [0, 0.1) is 0 Å². The summed E-state index contributed by atoms with van der Waals surface area (Å²) < 4.78 is 7.65. The number of anilines is 2. The van der Waals surface area contributed by atoms with E-state index in [1.54, 1.807) is 7.11 Å². The van der Waals surface area contributed by atoms with Gasteiger partial charge in [0, 0.05) is 47.2 Å². The minimum absolute atomic E-state index is 0. The predicted molar refractivity (Wildman–Crippen MR) is 115 cm³/mol. The van der Waals surface area contributed by atoms with Gasteiger partial charge in [0.25, 0.3) is 0 Å². The van der Waals surface area contributed by atoms with Gasteiger partial charge in [-0.25, -0.2) is 9.97 Å². The van der Waals surface area contributed by atoms with Gasteiger partial charge >= 0.3 is 0 Å². The average Bonchev–Trinajstić information content (AvgIpc) is 3.07. The molecule has 2 aromatic heterocycles. The van der Waals surface area contributed by atoms with E-state index in [2.05, 4.69) is 51.4 Å². The van der Waals surface area contributed by atoms with Crippen molar-refractivity contribution < 1.29 is 4.74 Å². The minimum atomic E-state index is 0. The van der Waals surface area contributed by atoms with Crippen LogP contribution < -0.4 is 10.1 Å². The number of hydrogen-bond donors (Lipinski definition) is 1. The van der Waals surface area contributed by atoms with Crippen molar-refractivity contribution in [1.82, 2.24) is 14.5 Å². The molecule has 0 aliphatic heterocycles. The number of benzene rings is 2. The lowest BCUT2D eigenvalue weighted by Gasteiger charge is -2.21. The zero-order valence-electron chi connectivity index (χ0n) is 15.8. The second-order valence-corrected chi connectivity index (χ2v) is 6.88. The number of nitrogens with zero attached hydrogens (tertiary/aromatic N) is 3. The fraction of sp³-hybridized carbons (Fsp3) is 0.182. The van der Waals surface area contributed by atoms with Crippen LogP contribution in [0.15, 0.2) is 54.9 Å². The number of aromatic nitrogens is 3. The molecule has 4 aromatic rings. The molecule has 0 amide bonds. The van der Waals surface area contributed by atoms with Gasteiger partial charge in [0.05, 0.1) is 12.8 Å². The molecule has 1 aliphatic rings. The van der Waals surface area contributed by atoms with E-state index in [1.165, 1.54) is 22.0 Å². The molecule has 0 saturated heterocycles. The molecule has 5 rings (SSSR count). The minimum Gasteiger partial charge on any atom is -0.496 e. The summed E-state index contributed by atoms with van der Waals surface area (Å²) in [7, 11) is 3.77. The first-order valence-electron chi connectivity index (χ1n) is 9.07. The molecule has 2 heterocycles. The summed E-state index contributed by atoms with van der Waals surface area (Å²) in [5, 5.41) is 4.54. The van der Waals surface area contributed by atoms with Gasteiger partial charge in [0.15, 0.2) is 0 Å². The van der Waals surface area contributed by atoms with Gasteiger partial charge in [0.2, 0.25) is 5.95 Å². The molecule has 28 heavy (non-hydrogen) atoms. The zero-order chi connectivity index (χ0) is 18.4. The van der Waals surface area contributed by atoms with Gasteiger partial charge in [-0.3, -0.25) is 0 Å². The Labute approximate surface area is 169 Å². The summed E-state index contributed by atoms with van der Waals surface area (Å²) >= 11 is 0. The van der Waals surface area contributed by atoms with E-state index in [4.69, 9.17) is 9.72 Å². The maximum absolute atomic E-state index is 5.54. The monoisotopic (exact) mass is 392 g/mol. The molecule has 142 valence electrons. The molecule has 0 fully saturated rings. The van der Waals surface area contributed by atoms with Crippen LogP contribution in [0.25, 0.3) is 22.2 Å². The Bertz CT molecular complexity index is 1170. The summed E-state index contributed by atoms with van der Waals surface area (Å²) in [5.41, 5.74) is 6.72. The van der Waals surface area contributed by atoms with Crippen LogP contribution in [-0.2, 0) is 19.9 Å². The molecule has 0 saturated carbocycles. The first-order valence-corrected chi connectivity index (χ1v) is 9.07. The third kappa shape index (κ3) is 2.98. The van der Waals surface area contributed by atoms with Gasteiger partial charge in [0.1, 0.15) is 5.75 Å². The fourth-order valence-electron chi connectivity index (χ4n) is 3.87. The van der Waals surface area contributed by atoms with E-state index in [-0.39, 0.29) is 12.4 Å². The van der Waals surface area contributed by atoms with E-state index in [9.17, 15) is 0 Å². The average molecular weight is 393 g/mol. The standard InChI is InChI=1S/C22H20N4O.ClH/c1-26-11-10-14-12-16(7-9-19(14)26)24-22-23-13-15-6-8-17-18(21(15)25-22)4-3-5-20(17)27-2;/h3-5,7,9-13H,6,8H2,1-2H3,(H,23,24,25);1H. The topological polar surface area (TPSA) is 52.0 Å². The Morgan fingerprint density at radius 2 is 2.00 bits per heavy atom. The molecule has 0 spiro atoms. The van der Waals surface area contributed by atoms with E-state index in [0.717, 1.165) is 35.5 Å². The second-order valence-electron chi connectivity index (χ2n) is 6.88. The molecule has 0 atom stereocenters. The number of aryl methyl sites for hydroxylation is 2. The Hall–Kier alpha value is -3.05.